The highest BCUT2D eigenvalue weighted by Gasteiger charge is 2.38. The number of rotatable bonds is 13. The van der Waals surface area contributed by atoms with E-state index in [0.717, 1.165) is 18.8 Å². The maximum Gasteiger partial charge on any atom is 0.0956 e. The summed E-state index contributed by atoms with van der Waals surface area (Å²) < 4.78 is 0. The molecule has 1 atom stereocenters. The van der Waals surface area contributed by atoms with E-state index in [-0.39, 0.29) is 5.54 Å². The molecule has 1 fully saturated rings. The van der Waals surface area contributed by atoms with Crippen molar-refractivity contribution in [1.29, 1.82) is 0 Å². The van der Waals surface area contributed by atoms with Gasteiger partial charge in [-0.25, -0.2) is 4.99 Å². The summed E-state index contributed by atoms with van der Waals surface area (Å²) in [5.41, 5.74) is 1.35. The number of hydrogen-bond donors (Lipinski definition) is 0. The summed E-state index contributed by atoms with van der Waals surface area (Å²) in [7, 11) is 0. The zero-order valence-corrected chi connectivity index (χ0v) is 19.4. The third kappa shape index (κ3) is 7.60. The Morgan fingerprint density at radius 2 is 1.61 bits per heavy atom. The van der Waals surface area contributed by atoms with Crippen LogP contribution in [0.1, 0.15) is 117 Å². The van der Waals surface area contributed by atoms with Crippen molar-refractivity contribution in [3.63, 3.8) is 0 Å². The van der Waals surface area contributed by atoms with Crippen LogP contribution in [0.4, 0.5) is 0 Å². The smallest absolute Gasteiger partial charge is 0.0956 e. The van der Waals surface area contributed by atoms with Crippen molar-refractivity contribution < 1.29 is 0 Å². The normalized spacial score (nSPS) is 27.3. The van der Waals surface area contributed by atoms with Gasteiger partial charge in [0.2, 0.25) is 0 Å². The van der Waals surface area contributed by atoms with Crippen molar-refractivity contribution >= 4 is 17.4 Å². The van der Waals surface area contributed by atoms with Gasteiger partial charge >= 0.3 is 0 Å². The Balaban J connectivity index is 1.63. The van der Waals surface area contributed by atoms with Crippen LogP contribution >= 0.6 is 12.2 Å². The molecule has 0 heterocycles. The first-order valence-corrected chi connectivity index (χ1v) is 12.6. The van der Waals surface area contributed by atoms with Crippen LogP contribution in [0.25, 0.3) is 0 Å². The summed E-state index contributed by atoms with van der Waals surface area (Å²) in [5.74, 6) is 1.59. The second kappa shape index (κ2) is 13.5. The van der Waals surface area contributed by atoms with E-state index in [1.165, 1.54) is 95.5 Å². The topological polar surface area (TPSA) is 12.4 Å². The zero-order valence-electron chi connectivity index (χ0n) is 18.6. The molecule has 0 aliphatic heterocycles. The Morgan fingerprint density at radius 1 is 0.964 bits per heavy atom. The molecule has 0 bridgehead atoms. The number of isothiocyanates is 1. The molecule has 2 aliphatic rings. The monoisotopic (exact) mass is 401 g/mol. The van der Waals surface area contributed by atoms with E-state index in [0.29, 0.717) is 5.92 Å². The van der Waals surface area contributed by atoms with E-state index in [1.54, 1.807) is 0 Å². The van der Waals surface area contributed by atoms with Crippen molar-refractivity contribution in [2.75, 3.05) is 0 Å². The van der Waals surface area contributed by atoms with Crippen LogP contribution in [0.15, 0.2) is 28.8 Å². The third-order valence-electron chi connectivity index (χ3n) is 7.21. The van der Waals surface area contributed by atoms with Gasteiger partial charge in [-0.2, -0.15) is 0 Å². The standard InChI is InChI=1S/C26H43NS/c1-3-5-6-7-8-9-10-11-12-13-24-14-16-25(17-15-24)26(27-22-28)20-18-23(4-2)19-21-26/h18-20,24-25H,3-17,21H2,1-2H3. The Labute approximate surface area is 180 Å². The largest absolute Gasteiger partial charge is 0.221 e. The molecule has 1 nitrogen and oxygen atoms in total. The Morgan fingerprint density at radius 3 is 2.14 bits per heavy atom. The van der Waals surface area contributed by atoms with Gasteiger partial charge in [0.25, 0.3) is 0 Å². The molecule has 2 heteroatoms. The average molecular weight is 402 g/mol. The summed E-state index contributed by atoms with van der Waals surface area (Å²) in [6.45, 7) is 4.52. The van der Waals surface area contributed by atoms with Crippen LogP contribution in [0.5, 0.6) is 0 Å². The first-order chi connectivity index (χ1) is 13.7. The molecule has 0 radical (unpaired) electrons. The lowest BCUT2D eigenvalue weighted by molar-refractivity contribution is 0.197. The van der Waals surface area contributed by atoms with Gasteiger partial charge in [0.05, 0.1) is 10.7 Å². The van der Waals surface area contributed by atoms with Crippen molar-refractivity contribution in [2.45, 2.75) is 122 Å². The van der Waals surface area contributed by atoms with Gasteiger partial charge in [-0.3, -0.25) is 0 Å². The molecule has 0 saturated heterocycles. The minimum absolute atomic E-state index is 0.0941. The Bertz CT molecular complexity index is 535. The van der Waals surface area contributed by atoms with Gasteiger partial charge in [0.1, 0.15) is 0 Å². The number of thiocarbonyl (C=S) groups is 1. The Kier molecular flexibility index (Phi) is 11.4. The summed E-state index contributed by atoms with van der Waals surface area (Å²) in [6, 6.07) is 0. The predicted molar refractivity (Wildman–Crippen MR) is 127 cm³/mol. The van der Waals surface area contributed by atoms with E-state index in [9.17, 15) is 0 Å². The molecular formula is C26H43NS. The van der Waals surface area contributed by atoms with Crippen molar-refractivity contribution in [3.05, 3.63) is 23.8 Å². The molecule has 1 unspecified atom stereocenters. The molecule has 2 aliphatic carbocycles. The molecule has 0 spiro atoms. The molecule has 28 heavy (non-hydrogen) atoms. The molecule has 2 rings (SSSR count). The molecule has 0 aromatic rings. The third-order valence-corrected chi connectivity index (χ3v) is 7.30. The highest BCUT2D eigenvalue weighted by Crippen LogP contribution is 2.43. The highest BCUT2D eigenvalue weighted by molar-refractivity contribution is 7.78. The lowest BCUT2D eigenvalue weighted by atomic mass is 9.68. The minimum Gasteiger partial charge on any atom is -0.221 e. The molecule has 0 aromatic carbocycles. The van der Waals surface area contributed by atoms with Crippen LogP contribution in [0.2, 0.25) is 0 Å². The van der Waals surface area contributed by atoms with Crippen LogP contribution in [-0.2, 0) is 0 Å². The lowest BCUT2D eigenvalue weighted by Crippen LogP contribution is -2.37. The second-order valence-corrected chi connectivity index (χ2v) is 9.38. The molecule has 158 valence electrons. The van der Waals surface area contributed by atoms with Crippen LogP contribution in [0.3, 0.4) is 0 Å². The quantitative estimate of drug-likeness (QED) is 0.170. The zero-order chi connectivity index (χ0) is 20.1. The van der Waals surface area contributed by atoms with Crippen molar-refractivity contribution in [1.82, 2.24) is 0 Å². The molecule has 0 N–H and O–H groups in total. The van der Waals surface area contributed by atoms with E-state index >= 15 is 0 Å². The SMILES string of the molecule is CCCCCCCCCCCC1CCC(C2(N=C=S)C=CC(CC)=CC2)CC1. The summed E-state index contributed by atoms with van der Waals surface area (Å²) >= 11 is 5.01. The first-order valence-electron chi connectivity index (χ1n) is 12.2. The van der Waals surface area contributed by atoms with E-state index in [2.05, 4.69) is 42.2 Å². The van der Waals surface area contributed by atoms with E-state index in [1.807, 2.05) is 0 Å². The lowest BCUT2D eigenvalue weighted by Gasteiger charge is -2.40. The highest BCUT2D eigenvalue weighted by atomic mass is 32.1. The maximum absolute atomic E-state index is 5.01. The Hall–Kier alpha value is -0.720. The molecule has 0 aromatic heterocycles. The van der Waals surface area contributed by atoms with Gasteiger partial charge in [-0.1, -0.05) is 115 Å². The van der Waals surface area contributed by atoms with Gasteiger partial charge in [0.15, 0.2) is 0 Å². The predicted octanol–water partition coefficient (Wildman–Crippen LogP) is 8.85. The van der Waals surface area contributed by atoms with Crippen LogP contribution in [-0.4, -0.2) is 10.7 Å². The van der Waals surface area contributed by atoms with Crippen molar-refractivity contribution in [2.24, 2.45) is 16.8 Å². The fraction of sp³-hybridized carbons (Fsp3) is 0.808. The van der Waals surface area contributed by atoms with Crippen LogP contribution in [0, 0.1) is 11.8 Å². The van der Waals surface area contributed by atoms with E-state index in [4.69, 9.17) is 12.2 Å². The molecule has 0 amide bonds. The number of allylic oxidation sites excluding steroid dienone is 2. The first kappa shape index (κ1) is 23.6. The fourth-order valence-electron chi connectivity index (χ4n) is 5.20. The minimum atomic E-state index is -0.0941. The van der Waals surface area contributed by atoms with Gasteiger partial charge in [-0.15, -0.1) is 0 Å². The number of aliphatic imine (C=N–C) groups is 1. The summed E-state index contributed by atoms with van der Waals surface area (Å²) in [6.07, 6.45) is 28.9. The van der Waals surface area contributed by atoms with Crippen LogP contribution < -0.4 is 0 Å². The van der Waals surface area contributed by atoms with Gasteiger partial charge in [0, 0.05) is 0 Å². The number of unbranched alkanes of at least 4 members (excludes halogenated alkanes) is 8. The number of hydrogen-bond acceptors (Lipinski definition) is 2. The average Bonchev–Trinajstić information content (AvgIpc) is 2.74. The molecular weight excluding hydrogens is 358 g/mol. The number of nitrogens with zero attached hydrogens (tertiary/aromatic N) is 1. The van der Waals surface area contributed by atoms with Crippen molar-refractivity contribution in [3.8, 4) is 0 Å². The molecule has 1 saturated carbocycles. The van der Waals surface area contributed by atoms with Gasteiger partial charge in [-0.05, 0) is 49.7 Å². The second-order valence-electron chi connectivity index (χ2n) is 9.20. The fourth-order valence-corrected chi connectivity index (χ4v) is 5.37. The van der Waals surface area contributed by atoms with Gasteiger partial charge < -0.3 is 0 Å². The maximum atomic E-state index is 5.01. The van der Waals surface area contributed by atoms with E-state index < -0.39 is 0 Å². The summed E-state index contributed by atoms with van der Waals surface area (Å²) in [5, 5.41) is 2.72. The summed E-state index contributed by atoms with van der Waals surface area (Å²) in [4.78, 5) is 4.69.